The van der Waals surface area contributed by atoms with Crippen LogP contribution in [0.25, 0.3) is 0 Å². The fraction of sp³-hybridized carbons (Fsp3) is 0.818. The van der Waals surface area contributed by atoms with Gasteiger partial charge >= 0.3 is 5.97 Å². The maximum Gasteiger partial charge on any atom is 0.308 e. The number of hydrogen-bond acceptors (Lipinski definition) is 4. The van der Waals surface area contributed by atoms with Crippen LogP contribution in [0.15, 0.2) is 0 Å². The van der Waals surface area contributed by atoms with Gasteiger partial charge in [0.25, 0.3) is 0 Å². The van der Waals surface area contributed by atoms with Gasteiger partial charge in [-0.3, -0.25) is 9.59 Å². The van der Waals surface area contributed by atoms with Gasteiger partial charge in [0, 0.05) is 13.5 Å². The summed E-state index contributed by atoms with van der Waals surface area (Å²) in [7, 11) is 0. The molecule has 0 saturated heterocycles. The van der Waals surface area contributed by atoms with Crippen molar-refractivity contribution in [3.63, 3.8) is 0 Å². The normalized spacial score (nSPS) is 11.0. The first-order valence-corrected chi connectivity index (χ1v) is 5.35. The average molecular weight is 231 g/mol. The zero-order valence-corrected chi connectivity index (χ0v) is 10.5. The van der Waals surface area contributed by atoms with Crippen LogP contribution in [0.5, 0.6) is 0 Å². The van der Waals surface area contributed by atoms with Gasteiger partial charge < -0.3 is 14.8 Å². The van der Waals surface area contributed by atoms with Gasteiger partial charge in [0.2, 0.25) is 5.91 Å². The van der Waals surface area contributed by atoms with Gasteiger partial charge in [0.1, 0.15) is 5.60 Å². The number of nitrogens with one attached hydrogen (secondary N) is 1. The molecule has 0 saturated carbocycles. The van der Waals surface area contributed by atoms with Crippen LogP contribution in [-0.2, 0) is 19.1 Å². The molecule has 16 heavy (non-hydrogen) atoms. The van der Waals surface area contributed by atoms with Gasteiger partial charge in [-0.2, -0.15) is 0 Å². The summed E-state index contributed by atoms with van der Waals surface area (Å²) in [5.41, 5.74) is -0.451. The molecule has 0 aliphatic carbocycles. The minimum atomic E-state index is -0.451. The van der Waals surface area contributed by atoms with Gasteiger partial charge in [-0.25, -0.2) is 0 Å². The zero-order chi connectivity index (χ0) is 12.6. The second-order valence-corrected chi connectivity index (χ2v) is 4.43. The molecule has 0 fully saturated rings. The van der Waals surface area contributed by atoms with E-state index in [2.05, 4.69) is 5.32 Å². The minimum Gasteiger partial charge on any atom is -0.460 e. The highest BCUT2D eigenvalue weighted by Gasteiger charge is 2.15. The third-order valence-electron chi connectivity index (χ3n) is 1.49. The predicted molar refractivity (Wildman–Crippen MR) is 60.0 cm³/mol. The number of ether oxygens (including phenoxy) is 2. The van der Waals surface area contributed by atoms with E-state index in [9.17, 15) is 9.59 Å². The van der Waals surface area contributed by atoms with Gasteiger partial charge in [-0.15, -0.1) is 0 Å². The van der Waals surface area contributed by atoms with Crippen molar-refractivity contribution in [3.8, 4) is 0 Å². The lowest BCUT2D eigenvalue weighted by Crippen LogP contribution is -2.26. The Hall–Kier alpha value is -1.10. The molecule has 0 bridgehead atoms. The predicted octanol–water partition coefficient (Wildman–Crippen LogP) is 0.871. The van der Waals surface area contributed by atoms with Gasteiger partial charge in [0.15, 0.2) is 0 Å². The first-order chi connectivity index (χ1) is 7.31. The van der Waals surface area contributed by atoms with E-state index in [-0.39, 0.29) is 18.3 Å². The maximum atomic E-state index is 11.2. The second kappa shape index (κ2) is 7.22. The van der Waals surface area contributed by atoms with Crippen LogP contribution in [0, 0.1) is 0 Å². The monoisotopic (exact) mass is 231 g/mol. The third-order valence-corrected chi connectivity index (χ3v) is 1.49. The average Bonchev–Trinajstić information content (AvgIpc) is 2.07. The van der Waals surface area contributed by atoms with Crippen molar-refractivity contribution in [2.45, 2.75) is 39.7 Å². The van der Waals surface area contributed by atoms with E-state index in [1.807, 2.05) is 20.8 Å². The summed E-state index contributed by atoms with van der Waals surface area (Å²) in [5.74, 6) is -0.359. The van der Waals surface area contributed by atoms with E-state index in [1.54, 1.807) is 0 Å². The van der Waals surface area contributed by atoms with Crippen LogP contribution in [0.2, 0.25) is 0 Å². The highest BCUT2D eigenvalue weighted by Crippen LogP contribution is 2.07. The molecule has 0 aromatic heterocycles. The maximum absolute atomic E-state index is 11.2. The van der Waals surface area contributed by atoms with Crippen LogP contribution in [-0.4, -0.2) is 37.2 Å². The highest BCUT2D eigenvalue weighted by molar-refractivity contribution is 5.72. The van der Waals surface area contributed by atoms with Gasteiger partial charge in [0.05, 0.1) is 19.6 Å². The molecule has 0 aromatic carbocycles. The molecule has 5 nitrogen and oxygen atoms in total. The van der Waals surface area contributed by atoms with Crippen molar-refractivity contribution in [1.29, 1.82) is 0 Å². The molecule has 0 atom stereocenters. The molecule has 1 N–H and O–H groups in total. The van der Waals surface area contributed by atoms with Gasteiger partial charge in [-0.05, 0) is 20.8 Å². The number of rotatable bonds is 6. The summed E-state index contributed by atoms with van der Waals surface area (Å²) < 4.78 is 10.2. The Labute approximate surface area is 96.5 Å². The minimum absolute atomic E-state index is 0.0873. The smallest absolute Gasteiger partial charge is 0.308 e. The Balaban J connectivity index is 3.38. The van der Waals surface area contributed by atoms with E-state index in [0.29, 0.717) is 19.8 Å². The molecule has 0 rings (SSSR count). The summed E-state index contributed by atoms with van der Waals surface area (Å²) >= 11 is 0. The summed E-state index contributed by atoms with van der Waals surface area (Å²) in [6.07, 6.45) is 0.233. The van der Waals surface area contributed by atoms with Crippen LogP contribution in [0.4, 0.5) is 0 Å². The number of esters is 1. The second-order valence-electron chi connectivity index (χ2n) is 4.43. The quantitative estimate of drug-likeness (QED) is 0.544. The van der Waals surface area contributed by atoms with Crippen LogP contribution >= 0.6 is 0 Å². The first kappa shape index (κ1) is 14.9. The van der Waals surface area contributed by atoms with E-state index in [4.69, 9.17) is 9.47 Å². The standard InChI is InChI=1S/C11H21NO4/c1-9(13)12-6-8-15-7-5-10(14)16-11(2,3)4/h5-8H2,1-4H3,(H,12,13). The molecule has 0 radical (unpaired) electrons. The van der Waals surface area contributed by atoms with Crippen LogP contribution < -0.4 is 5.32 Å². The van der Waals surface area contributed by atoms with Crippen molar-refractivity contribution < 1.29 is 19.1 Å². The molecule has 5 heteroatoms. The van der Waals surface area contributed by atoms with E-state index in [0.717, 1.165) is 0 Å². The van der Waals surface area contributed by atoms with E-state index >= 15 is 0 Å². The first-order valence-electron chi connectivity index (χ1n) is 5.35. The highest BCUT2D eigenvalue weighted by atomic mass is 16.6. The Bertz CT molecular complexity index is 233. The van der Waals surface area contributed by atoms with Gasteiger partial charge in [-0.1, -0.05) is 0 Å². The van der Waals surface area contributed by atoms with E-state index in [1.165, 1.54) is 6.92 Å². The lowest BCUT2D eigenvalue weighted by molar-refractivity contribution is -0.156. The molecule has 0 aromatic rings. The lowest BCUT2D eigenvalue weighted by Gasteiger charge is -2.19. The Morgan fingerprint density at radius 2 is 1.81 bits per heavy atom. The van der Waals surface area contributed by atoms with E-state index < -0.39 is 5.60 Å². The van der Waals surface area contributed by atoms with Crippen molar-refractivity contribution in [2.75, 3.05) is 19.8 Å². The topological polar surface area (TPSA) is 64.6 Å². The van der Waals surface area contributed by atoms with Crippen molar-refractivity contribution in [1.82, 2.24) is 5.32 Å². The fourth-order valence-electron chi connectivity index (χ4n) is 0.949. The zero-order valence-electron chi connectivity index (χ0n) is 10.5. The fourth-order valence-corrected chi connectivity index (χ4v) is 0.949. The Morgan fingerprint density at radius 3 is 2.31 bits per heavy atom. The molecule has 1 amide bonds. The summed E-state index contributed by atoms with van der Waals surface area (Å²) in [6.45, 7) is 8.09. The molecule has 0 aliphatic heterocycles. The number of carbonyl (C=O) groups excluding carboxylic acids is 2. The summed E-state index contributed by atoms with van der Waals surface area (Å²) in [6, 6.07) is 0. The number of carbonyl (C=O) groups is 2. The summed E-state index contributed by atoms with van der Waals surface area (Å²) in [4.78, 5) is 21.7. The molecule has 0 spiro atoms. The van der Waals surface area contributed by atoms with Crippen LogP contribution in [0.3, 0.4) is 0 Å². The lowest BCUT2D eigenvalue weighted by atomic mass is 10.2. The molecular weight excluding hydrogens is 210 g/mol. The SMILES string of the molecule is CC(=O)NCCOCCC(=O)OC(C)(C)C. The number of hydrogen-bond donors (Lipinski definition) is 1. The Morgan fingerprint density at radius 1 is 1.19 bits per heavy atom. The Kier molecular flexibility index (Phi) is 6.72. The molecule has 94 valence electrons. The van der Waals surface area contributed by atoms with Crippen molar-refractivity contribution in [3.05, 3.63) is 0 Å². The van der Waals surface area contributed by atoms with Crippen LogP contribution in [0.1, 0.15) is 34.1 Å². The number of amides is 1. The molecule has 0 aliphatic rings. The molecule has 0 heterocycles. The molecule has 0 unspecified atom stereocenters. The molecular formula is C11H21NO4. The third kappa shape index (κ3) is 11.0. The van der Waals surface area contributed by atoms with Crippen molar-refractivity contribution in [2.24, 2.45) is 0 Å². The largest absolute Gasteiger partial charge is 0.460 e. The summed E-state index contributed by atoms with van der Waals surface area (Å²) in [5, 5.41) is 2.59. The van der Waals surface area contributed by atoms with Crippen molar-refractivity contribution >= 4 is 11.9 Å².